The Morgan fingerprint density at radius 3 is 2.12 bits per heavy atom. The van der Waals surface area contributed by atoms with E-state index in [1.54, 1.807) is 0 Å². The van der Waals surface area contributed by atoms with Crippen molar-refractivity contribution in [3.63, 3.8) is 0 Å². The normalized spacial score (nSPS) is 12.0. The van der Waals surface area contributed by atoms with Gasteiger partial charge in [-0.15, -0.1) is 0 Å². The van der Waals surface area contributed by atoms with Gasteiger partial charge in [0.15, 0.2) is 0 Å². The fourth-order valence-corrected chi connectivity index (χ4v) is 3.20. The molecule has 1 rings (SSSR count). The number of carbonyl (C=O) groups is 1. The molecular weight excluding hydrogens is 300 g/mol. The quantitative estimate of drug-likeness (QED) is 0.301. The van der Waals surface area contributed by atoms with Crippen molar-refractivity contribution in [3.8, 4) is 0 Å². The van der Waals surface area contributed by atoms with E-state index >= 15 is 0 Å². The summed E-state index contributed by atoms with van der Waals surface area (Å²) in [6, 6.07) is 10.9. The third-order valence-electron chi connectivity index (χ3n) is 4.60. The first-order valence-electron chi connectivity index (χ1n) is 9.64. The van der Waals surface area contributed by atoms with E-state index in [0.29, 0.717) is 12.5 Å². The van der Waals surface area contributed by atoms with Crippen LogP contribution in [-0.4, -0.2) is 17.9 Å². The molecule has 0 saturated carbocycles. The highest BCUT2D eigenvalue weighted by atomic mass is 16.7. The van der Waals surface area contributed by atoms with Gasteiger partial charge in [-0.05, 0) is 30.7 Å². The number of unbranched alkanes of at least 4 members (excludes halogenated alkanes) is 7. The molecule has 1 atom stereocenters. The number of hydrogen-bond donors (Lipinski definition) is 1. The Hall–Kier alpha value is -1.51. The molecule has 1 unspecified atom stereocenters. The van der Waals surface area contributed by atoms with E-state index < -0.39 is 6.16 Å². The largest absolute Gasteiger partial charge is 0.505 e. The van der Waals surface area contributed by atoms with Crippen LogP contribution in [0, 0.1) is 0 Å². The molecule has 0 amide bonds. The predicted molar refractivity (Wildman–Crippen MR) is 99.6 cm³/mol. The molecule has 0 aliphatic heterocycles. The molecule has 1 N–H and O–H groups in total. The number of hydrogen-bond acceptors (Lipinski definition) is 2. The molecule has 0 bridgehead atoms. The van der Waals surface area contributed by atoms with Crippen LogP contribution in [-0.2, 0) is 4.74 Å². The van der Waals surface area contributed by atoms with Gasteiger partial charge in [0.05, 0.1) is 6.61 Å². The topological polar surface area (TPSA) is 46.5 Å². The van der Waals surface area contributed by atoms with E-state index in [4.69, 9.17) is 5.11 Å². The van der Waals surface area contributed by atoms with E-state index in [2.05, 4.69) is 42.0 Å². The molecule has 0 aliphatic carbocycles. The fourth-order valence-electron chi connectivity index (χ4n) is 3.20. The number of rotatable bonds is 14. The lowest BCUT2D eigenvalue weighted by Crippen LogP contribution is -2.01. The van der Waals surface area contributed by atoms with Gasteiger partial charge in [-0.1, -0.05) is 88.6 Å². The summed E-state index contributed by atoms with van der Waals surface area (Å²) in [5.41, 5.74) is 1.49. The Labute approximate surface area is 147 Å². The standard InChI is InChI=1S/C21H34O3/c1-2-3-4-9-14-19(20-16-11-8-12-17-20)15-10-6-5-7-13-18-24-21(22)23/h8,11-12,16-17,19H,2-7,9-10,13-15,18H2,1H3,(H,22,23). The first-order chi connectivity index (χ1) is 11.7. The second-order valence-electron chi connectivity index (χ2n) is 6.63. The molecule has 0 spiro atoms. The molecule has 0 aliphatic rings. The van der Waals surface area contributed by atoms with Crippen LogP contribution in [0.15, 0.2) is 30.3 Å². The first-order valence-corrected chi connectivity index (χ1v) is 9.64. The monoisotopic (exact) mass is 334 g/mol. The van der Waals surface area contributed by atoms with Crippen LogP contribution in [0.25, 0.3) is 0 Å². The van der Waals surface area contributed by atoms with Gasteiger partial charge >= 0.3 is 6.16 Å². The Balaban J connectivity index is 2.21. The van der Waals surface area contributed by atoms with Crippen LogP contribution >= 0.6 is 0 Å². The SMILES string of the molecule is CCCCCCC(CCCCCCCOC(=O)O)c1ccccc1. The van der Waals surface area contributed by atoms with E-state index in [9.17, 15) is 4.79 Å². The third-order valence-corrected chi connectivity index (χ3v) is 4.60. The summed E-state index contributed by atoms with van der Waals surface area (Å²) >= 11 is 0. The maximum absolute atomic E-state index is 10.2. The van der Waals surface area contributed by atoms with Crippen molar-refractivity contribution < 1.29 is 14.6 Å². The Kier molecular flexibility index (Phi) is 11.9. The van der Waals surface area contributed by atoms with Crippen molar-refractivity contribution in [2.45, 2.75) is 83.5 Å². The van der Waals surface area contributed by atoms with E-state index in [-0.39, 0.29) is 0 Å². The minimum absolute atomic E-state index is 0.333. The third kappa shape index (κ3) is 10.3. The highest BCUT2D eigenvalue weighted by Gasteiger charge is 2.10. The van der Waals surface area contributed by atoms with Gasteiger partial charge in [-0.3, -0.25) is 0 Å². The molecule has 1 aromatic carbocycles. The van der Waals surface area contributed by atoms with Crippen LogP contribution in [0.1, 0.15) is 89.0 Å². The van der Waals surface area contributed by atoms with Crippen LogP contribution in [0.2, 0.25) is 0 Å². The van der Waals surface area contributed by atoms with E-state index in [0.717, 1.165) is 12.8 Å². The van der Waals surface area contributed by atoms with Crippen LogP contribution in [0.4, 0.5) is 4.79 Å². The average molecular weight is 334 g/mol. The molecule has 1 aromatic rings. The van der Waals surface area contributed by atoms with Crippen LogP contribution in [0.5, 0.6) is 0 Å². The zero-order valence-corrected chi connectivity index (χ0v) is 15.2. The Bertz CT molecular complexity index is 416. The molecular formula is C21H34O3. The summed E-state index contributed by atoms with van der Waals surface area (Å²) in [6.45, 7) is 2.59. The summed E-state index contributed by atoms with van der Waals surface area (Å²) in [7, 11) is 0. The van der Waals surface area contributed by atoms with Crippen molar-refractivity contribution in [1.29, 1.82) is 0 Å². The van der Waals surface area contributed by atoms with Crippen molar-refractivity contribution in [3.05, 3.63) is 35.9 Å². The number of benzene rings is 1. The fraction of sp³-hybridized carbons (Fsp3) is 0.667. The highest BCUT2D eigenvalue weighted by molar-refractivity contribution is 5.56. The van der Waals surface area contributed by atoms with Crippen molar-refractivity contribution >= 4 is 6.16 Å². The van der Waals surface area contributed by atoms with Gasteiger partial charge in [0.2, 0.25) is 0 Å². The molecule has 0 fully saturated rings. The molecule has 136 valence electrons. The average Bonchev–Trinajstić information content (AvgIpc) is 2.59. The van der Waals surface area contributed by atoms with Gasteiger partial charge in [0.1, 0.15) is 0 Å². The Morgan fingerprint density at radius 1 is 0.917 bits per heavy atom. The molecule has 3 nitrogen and oxygen atoms in total. The molecule has 0 radical (unpaired) electrons. The van der Waals surface area contributed by atoms with Crippen LogP contribution in [0.3, 0.4) is 0 Å². The minimum Gasteiger partial charge on any atom is -0.450 e. The van der Waals surface area contributed by atoms with Gasteiger partial charge < -0.3 is 9.84 Å². The smallest absolute Gasteiger partial charge is 0.450 e. The van der Waals surface area contributed by atoms with Gasteiger partial charge in [0, 0.05) is 0 Å². The van der Waals surface area contributed by atoms with Crippen molar-refractivity contribution in [2.75, 3.05) is 6.61 Å². The second-order valence-corrected chi connectivity index (χ2v) is 6.63. The molecule has 3 heteroatoms. The maximum Gasteiger partial charge on any atom is 0.505 e. The van der Waals surface area contributed by atoms with Gasteiger partial charge in [-0.25, -0.2) is 4.79 Å². The summed E-state index contributed by atoms with van der Waals surface area (Å²) < 4.78 is 4.53. The predicted octanol–water partition coefficient (Wildman–Crippen LogP) is 6.78. The first kappa shape index (κ1) is 20.5. The zero-order chi connectivity index (χ0) is 17.5. The Morgan fingerprint density at radius 2 is 1.50 bits per heavy atom. The van der Waals surface area contributed by atoms with Crippen LogP contribution < -0.4 is 0 Å². The summed E-state index contributed by atoms with van der Waals surface area (Å²) in [4.78, 5) is 10.2. The lowest BCUT2D eigenvalue weighted by Gasteiger charge is -2.17. The van der Waals surface area contributed by atoms with E-state index in [1.165, 1.54) is 63.4 Å². The summed E-state index contributed by atoms with van der Waals surface area (Å²) in [5.74, 6) is 0.693. The van der Waals surface area contributed by atoms with Crippen molar-refractivity contribution in [2.24, 2.45) is 0 Å². The summed E-state index contributed by atoms with van der Waals surface area (Å²) in [6.07, 6.45) is 12.3. The molecule has 0 aromatic heterocycles. The second kappa shape index (κ2) is 13.9. The zero-order valence-electron chi connectivity index (χ0n) is 15.2. The van der Waals surface area contributed by atoms with Gasteiger partial charge in [-0.2, -0.15) is 0 Å². The minimum atomic E-state index is -1.16. The lowest BCUT2D eigenvalue weighted by atomic mass is 9.88. The van der Waals surface area contributed by atoms with Gasteiger partial charge in [0.25, 0.3) is 0 Å². The maximum atomic E-state index is 10.2. The lowest BCUT2D eigenvalue weighted by molar-refractivity contribution is 0.0899. The highest BCUT2D eigenvalue weighted by Crippen LogP contribution is 2.28. The molecule has 24 heavy (non-hydrogen) atoms. The van der Waals surface area contributed by atoms with E-state index in [1.807, 2.05) is 0 Å². The number of ether oxygens (including phenoxy) is 1. The molecule has 0 heterocycles. The molecule has 0 saturated heterocycles. The van der Waals surface area contributed by atoms with Crippen molar-refractivity contribution in [1.82, 2.24) is 0 Å². The summed E-state index contributed by atoms with van der Waals surface area (Å²) in [5, 5.41) is 8.41. The number of carboxylic acid groups (broad SMARTS) is 1.